The molecule has 0 saturated carbocycles. The summed E-state index contributed by atoms with van der Waals surface area (Å²) in [6, 6.07) is 17.6. The molecule has 2 aromatic carbocycles. The van der Waals surface area contributed by atoms with Crippen LogP contribution in [0.3, 0.4) is 0 Å². The van der Waals surface area contributed by atoms with Crippen molar-refractivity contribution in [1.29, 1.82) is 0 Å². The zero-order valence-electron chi connectivity index (χ0n) is 15.7. The topological polar surface area (TPSA) is 72.4 Å². The van der Waals surface area contributed by atoms with Crippen molar-refractivity contribution in [2.45, 2.75) is 19.3 Å². The summed E-state index contributed by atoms with van der Waals surface area (Å²) in [7, 11) is 0. The van der Waals surface area contributed by atoms with E-state index in [9.17, 15) is 4.79 Å². The highest BCUT2D eigenvalue weighted by atomic mass is 35.5. The summed E-state index contributed by atoms with van der Waals surface area (Å²) >= 11 is 6.20. The van der Waals surface area contributed by atoms with E-state index < -0.39 is 0 Å². The summed E-state index contributed by atoms with van der Waals surface area (Å²) < 4.78 is 5.78. The molecule has 1 amide bonds. The number of aryl methyl sites for hydroxylation is 1. The lowest BCUT2D eigenvalue weighted by Crippen LogP contribution is -2.37. The lowest BCUT2D eigenvalue weighted by atomic mass is 10.1. The van der Waals surface area contributed by atoms with Gasteiger partial charge in [-0.2, -0.15) is 0 Å². The summed E-state index contributed by atoms with van der Waals surface area (Å²) in [6.45, 7) is 1.63. The number of rotatable bonds is 9. The van der Waals surface area contributed by atoms with Crippen LogP contribution in [0.1, 0.15) is 17.9 Å². The molecule has 0 bridgehead atoms. The molecule has 146 valence electrons. The molecule has 1 heterocycles. The minimum Gasteiger partial charge on any atom is -0.441 e. The molecule has 6 heteroatoms. The molecule has 0 fully saturated rings. The highest BCUT2D eigenvalue weighted by molar-refractivity contribution is 6.33. The van der Waals surface area contributed by atoms with Crippen molar-refractivity contribution >= 4 is 17.5 Å². The standard InChI is InChI=1S/C22H24ClN3O2/c23-19-9-5-4-8-18(19)20-16-25-21(28-20)10-11-22(27)26(15-13-24)14-12-17-6-2-1-3-7-17/h1-9,16H,10-15,24H2. The molecule has 0 aliphatic rings. The Morgan fingerprint density at radius 1 is 1.04 bits per heavy atom. The second kappa shape index (κ2) is 10.1. The molecule has 2 N–H and O–H groups in total. The van der Waals surface area contributed by atoms with Gasteiger partial charge in [-0.25, -0.2) is 4.98 Å². The Kier molecular flexibility index (Phi) is 7.23. The number of benzene rings is 2. The monoisotopic (exact) mass is 397 g/mol. The van der Waals surface area contributed by atoms with Crippen molar-refractivity contribution in [3.63, 3.8) is 0 Å². The molecule has 0 unspecified atom stereocenters. The van der Waals surface area contributed by atoms with E-state index in [2.05, 4.69) is 17.1 Å². The maximum atomic E-state index is 12.6. The molecular formula is C22H24ClN3O2. The van der Waals surface area contributed by atoms with Gasteiger partial charge in [-0.1, -0.05) is 54.1 Å². The van der Waals surface area contributed by atoms with Gasteiger partial charge in [0, 0.05) is 38.0 Å². The van der Waals surface area contributed by atoms with Crippen LogP contribution < -0.4 is 5.73 Å². The van der Waals surface area contributed by atoms with Crippen molar-refractivity contribution in [2.24, 2.45) is 5.73 Å². The third kappa shape index (κ3) is 5.44. The fraction of sp³-hybridized carbons (Fsp3) is 0.273. The van der Waals surface area contributed by atoms with E-state index >= 15 is 0 Å². The summed E-state index contributed by atoms with van der Waals surface area (Å²) in [5.41, 5.74) is 7.68. The van der Waals surface area contributed by atoms with Crippen LogP contribution in [-0.2, 0) is 17.6 Å². The van der Waals surface area contributed by atoms with Gasteiger partial charge in [0.25, 0.3) is 0 Å². The van der Waals surface area contributed by atoms with Crippen LogP contribution in [0.4, 0.5) is 0 Å². The van der Waals surface area contributed by atoms with Gasteiger partial charge >= 0.3 is 0 Å². The molecule has 3 aromatic rings. The first-order valence-electron chi connectivity index (χ1n) is 9.38. The van der Waals surface area contributed by atoms with Gasteiger partial charge in [-0.3, -0.25) is 4.79 Å². The Labute approximate surface area is 170 Å². The summed E-state index contributed by atoms with van der Waals surface area (Å²) in [5, 5.41) is 0.608. The van der Waals surface area contributed by atoms with Gasteiger partial charge < -0.3 is 15.1 Å². The average molecular weight is 398 g/mol. The number of nitrogens with zero attached hydrogens (tertiary/aromatic N) is 2. The molecule has 1 aromatic heterocycles. The molecule has 3 rings (SSSR count). The van der Waals surface area contributed by atoms with Crippen LogP contribution >= 0.6 is 11.6 Å². The number of aromatic nitrogens is 1. The van der Waals surface area contributed by atoms with Crippen LogP contribution in [0, 0.1) is 0 Å². The number of nitrogens with two attached hydrogens (primary N) is 1. The molecule has 28 heavy (non-hydrogen) atoms. The van der Waals surface area contributed by atoms with Crippen LogP contribution in [0.5, 0.6) is 0 Å². The molecular weight excluding hydrogens is 374 g/mol. The van der Waals surface area contributed by atoms with Crippen molar-refractivity contribution in [1.82, 2.24) is 9.88 Å². The zero-order valence-corrected chi connectivity index (χ0v) is 16.4. The second-order valence-electron chi connectivity index (χ2n) is 6.50. The lowest BCUT2D eigenvalue weighted by molar-refractivity contribution is -0.131. The smallest absolute Gasteiger partial charge is 0.223 e. The zero-order chi connectivity index (χ0) is 19.8. The molecule has 0 aliphatic heterocycles. The number of amides is 1. The lowest BCUT2D eigenvalue weighted by Gasteiger charge is -2.22. The Bertz CT molecular complexity index is 896. The van der Waals surface area contributed by atoms with Crippen LogP contribution in [-0.4, -0.2) is 35.4 Å². The molecule has 0 radical (unpaired) electrons. The van der Waals surface area contributed by atoms with E-state index in [-0.39, 0.29) is 5.91 Å². The first-order valence-corrected chi connectivity index (χ1v) is 9.76. The maximum absolute atomic E-state index is 12.6. The van der Waals surface area contributed by atoms with Crippen molar-refractivity contribution in [3.05, 3.63) is 77.3 Å². The molecule has 5 nitrogen and oxygen atoms in total. The van der Waals surface area contributed by atoms with E-state index in [0.29, 0.717) is 49.1 Å². The minimum absolute atomic E-state index is 0.0545. The van der Waals surface area contributed by atoms with Crippen molar-refractivity contribution in [2.75, 3.05) is 19.6 Å². The third-order valence-electron chi connectivity index (χ3n) is 4.51. The molecule has 0 saturated heterocycles. The summed E-state index contributed by atoms with van der Waals surface area (Å²) in [5.74, 6) is 1.19. The predicted octanol–water partition coefficient (Wildman–Crippen LogP) is 3.96. The van der Waals surface area contributed by atoms with Crippen molar-refractivity contribution in [3.8, 4) is 11.3 Å². The SMILES string of the molecule is NCCN(CCc1ccccc1)C(=O)CCc1ncc(-c2ccccc2Cl)o1. The quantitative estimate of drug-likeness (QED) is 0.593. The number of halogens is 1. The first kappa shape index (κ1) is 20.1. The van der Waals surface area contributed by atoms with E-state index in [1.54, 1.807) is 12.3 Å². The van der Waals surface area contributed by atoms with Crippen molar-refractivity contribution < 1.29 is 9.21 Å². The highest BCUT2D eigenvalue weighted by Crippen LogP contribution is 2.28. The largest absolute Gasteiger partial charge is 0.441 e. The Morgan fingerprint density at radius 3 is 2.54 bits per heavy atom. The second-order valence-corrected chi connectivity index (χ2v) is 6.91. The van der Waals surface area contributed by atoms with Gasteiger partial charge in [0.15, 0.2) is 11.7 Å². The Morgan fingerprint density at radius 2 is 1.79 bits per heavy atom. The molecule has 0 aliphatic carbocycles. The summed E-state index contributed by atoms with van der Waals surface area (Å²) in [6.07, 6.45) is 3.23. The Hall–Kier alpha value is -2.63. The van der Waals surface area contributed by atoms with E-state index in [0.717, 1.165) is 12.0 Å². The van der Waals surface area contributed by atoms with Crippen LogP contribution in [0.2, 0.25) is 5.02 Å². The fourth-order valence-electron chi connectivity index (χ4n) is 3.01. The number of hydrogen-bond acceptors (Lipinski definition) is 4. The van der Waals surface area contributed by atoms with E-state index in [1.807, 2.05) is 41.3 Å². The number of carbonyl (C=O) groups is 1. The average Bonchev–Trinajstić information content (AvgIpc) is 3.19. The number of oxazole rings is 1. The minimum atomic E-state index is 0.0545. The van der Waals surface area contributed by atoms with Crippen LogP contribution in [0.25, 0.3) is 11.3 Å². The van der Waals surface area contributed by atoms with Gasteiger partial charge in [0.05, 0.1) is 11.2 Å². The van der Waals surface area contributed by atoms with Gasteiger partial charge in [-0.15, -0.1) is 0 Å². The van der Waals surface area contributed by atoms with Gasteiger partial charge in [0.2, 0.25) is 5.91 Å². The van der Waals surface area contributed by atoms with Crippen LogP contribution in [0.15, 0.2) is 65.2 Å². The van der Waals surface area contributed by atoms with E-state index in [1.165, 1.54) is 5.56 Å². The molecule has 0 spiro atoms. The number of hydrogen-bond donors (Lipinski definition) is 1. The van der Waals surface area contributed by atoms with Gasteiger partial charge in [0.1, 0.15) is 0 Å². The third-order valence-corrected chi connectivity index (χ3v) is 4.84. The highest BCUT2D eigenvalue weighted by Gasteiger charge is 2.15. The fourth-order valence-corrected chi connectivity index (χ4v) is 3.24. The summed E-state index contributed by atoms with van der Waals surface area (Å²) in [4.78, 5) is 18.7. The normalized spacial score (nSPS) is 10.8. The maximum Gasteiger partial charge on any atom is 0.223 e. The van der Waals surface area contributed by atoms with Gasteiger partial charge in [-0.05, 0) is 24.1 Å². The predicted molar refractivity (Wildman–Crippen MR) is 111 cm³/mol. The molecule has 0 atom stereocenters. The number of carbonyl (C=O) groups excluding carboxylic acids is 1. The first-order chi connectivity index (χ1) is 13.7. The Balaban J connectivity index is 1.56. The van der Waals surface area contributed by atoms with E-state index in [4.69, 9.17) is 21.8 Å².